The molecule has 0 atom stereocenters. The summed E-state index contributed by atoms with van der Waals surface area (Å²) in [6.45, 7) is 3.59. The van der Waals surface area contributed by atoms with Gasteiger partial charge in [0.2, 0.25) is 0 Å². The largest absolute Gasteiger partial charge is 0.312 e. The predicted molar refractivity (Wildman–Crippen MR) is 69.8 cm³/mol. The van der Waals surface area contributed by atoms with Crippen molar-refractivity contribution in [3.8, 4) is 0 Å². The molecule has 3 nitrogen and oxygen atoms in total. The van der Waals surface area contributed by atoms with Crippen molar-refractivity contribution in [2.75, 3.05) is 6.54 Å². The van der Waals surface area contributed by atoms with Crippen LogP contribution >= 0.6 is 0 Å². The Balaban J connectivity index is 1.78. The summed E-state index contributed by atoms with van der Waals surface area (Å²) in [5.41, 5.74) is 3.35. The van der Waals surface area contributed by atoms with Crippen molar-refractivity contribution in [2.45, 2.75) is 19.9 Å². The van der Waals surface area contributed by atoms with E-state index in [9.17, 15) is 4.39 Å². The van der Waals surface area contributed by atoms with E-state index < -0.39 is 0 Å². The molecule has 0 unspecified atom stereocenters. The molecule has 0 fully saturated rings. The summed E-state index contributed by atoms with van der Waals surface area (Å²) in [4.78, 5) is 0. The molecule has 0 amide bonds. The van der Waals surface area contributed by atoms with Gasteiger partial charge in [0.15, 0.2) is 0 Å². The summed E-state index contributed by atoms with van der Waals surface area (Å²) >= 11 is 0. The Morgan fingerprint density at radius 1 is 1.39 bits per heavy atom. The quantitative estimate of drug-likeness (QED) is 0.821. The van der Waals surface area contributed by atoms with Gasteiger partial charge >= 0.3 is 0 Å². The Bertz CT molecular complexity index is 520. The molecule has 0 bridgehead atoms. The third-order valence-corrected chi connectivity index (χ3v) is 2.97. The lowest BCUT2D eigenvalue weighted by atomic mass is 10.1. The fourth-order valence-corrected chi connectivity index (χ4v) is 1.91. The lowest BCUT2D eigenvalue weighted by molar-refractivity contribution is 0.623. The summed E-state index contributed by atoms with van der Waals surface area (Å²) < 4.78 is 14.7. The molecular formula is C14H18FN3. The Hall–Kier alpha value is -1.68. The molecular weight excluding hydrogens is 229 g/mol. The number of benzene rings is 1. The van der Waals surface area contributed by atoms with E-state index in [2.05, 4.69) is 10.4 Å². The number of halogens is 1. The minimum Gasteiger partial charge on any atom is -0.312 e. The molecule has 1 aromatic carbocycles. The van der Waals surface area contributed by atoms with Gasteiger partial charge in [-0.2, -0.15) is 5.10 Å². The molecule has 0 aliphatic heterocycles. The summed E-state index contributed by atoms with van der Waals surface area (Å²) in [6.07, 6.45) is 4.85. The molecule has 1 N–H and O–H groups in total. The maximum Gasteiger partial charge on any atom is 0.123 e. The average molecular weight is 247 g/mol. The van der Waals surface area contributed by atoms with Crippen molar-refractivity contribution in [2.24, 2.45) is 7.05 Å². The number of nitrogens with one attached hydrogen (secondary N) is 1. The number of hydrogen-bond acceptors (Lipinski definition) is 2. The van der Waals surface area contributed by atoms with Gasteiger partial charge in [0, 0.05) is 19.8 Å². The first kappa shape index (κ1) is 12.8. The number of aromatic nitrogens is 2. The maximum absolute atomic E-state index is 12.9. The van der Waals surface area contributed by atoms with Gasteiger partial charge in [0.05, 0.1) is 6.20 Å². The van der Waals surface area contributed by atoms with E-state index in [1.54, 1.807) is 10.7 Å². The van der Waals surface area contributed by atoms with Gasteiger partial charge in [-0.25, -0.2) is 4.39 Å². The predicted octanol–water partition coefficient (Wildman–Crippen LogP) is 2.20. The fourth-order valence-electron chi connectivity index (χ4n) is 1.91. The molecule has 2 rings (SSSR count). The average Bonchev–Trinajstić information content (AvgIpc) is 2.73. The van der Waals surface area contributed by atoms with Crippen LogP contribution in [0.1, 0.15) is 16.7 Å². The summed E-state index contributed by atoms with van der Waals surface area (Å²) in [6, 6.07) is 4.91. The van der Waals surface area contributed by atoms with Crippen LogP contribution in [0, 0.1) is 12.7 Å². The fraction of sp³-hybridized carbons (Fsp3) is 0.357. The Morgan fingerprint density at radius 3 is 2.89 bits per heavy atom. The second kappa shape index (κ2) is 5.78. The summed E-state index contributed by atoms with van der Waals surface area (Å²) in [5.74, 6) is -0.174. The van der Waals surface area contributed by atoms with Gasteiger partial charge in [-0.15, -0.1) is 0 Å². The molecule has 0 saturated carbocycles. The molecule has 1 heterocycles. The van der Waals surface area contributed by atoms with Gasteiger partial charge in [-0.05, 0) is 48.7 Å². The van der Waals surface area contributed by atoms with Crippen LogP contribution in [-0.2, 0) is 20.0 Å². The summed E-state index contributed by atoms with van der Waals surface area (Å²) in [5, 5.41) is 7.48. The van der Waals surface area contributed by atoms with Crippen LogP contribution in [0.5, 0.6) is 0 Å². The lowest BCUT2D eigenvalue weighted by Gasteiger charge is -2.07. The minimum absolute atomic E-state index is 0.174. The van der Waals surface area contributed by atoms with Crippen molar-refractivity contribution >= 4 is 0 Å². The maximum atomic E-state index is 12.9. The first-order chi connectivity index (χ1) is 8.65. The molecule has 0 aliphatic rings. The van der Waals surface area contributed by atoms with Crippen molar-refractivity contribution in [3.63, 3.8) is 0 Å². The highest BCUT2D eigenvalue weighted by atomic mass is 19.1. The molecule has 4 heteroatoms. The molecule has 0 radical (unpaired) electrons. The minimum atomic E-state index is -0.174. The van der Waals surface area contributed by atoms with Crippen molar-refractivity contribution < 1.29 is 4.39 Å². The van der Waals surface area contributed by atoms with Crippen LogP contribution in [0.15, 0.2) is 30.6 Å². The van der Waals surface area contributed by atoms with Crippen molar-refractivity contribution in [3.05, 3.63) is 53.1 Å². The van der Waals surface area contributed by atoms with Crippen molar-refractivity contribution in [1.29, 1.82) is 0 Å². The highest BCUT2D eigenvalue weighted by molar-refractivity contribution is 5.26. The number of hydrogen-bond donors (Lipinski definition) is 1. The normalized spacial score (nSPS) is 10.8. The van der Waals surface area contributed by atoms with Gasteiger partial charge in [-0.1, -0.05) is 6.07 Å². The first-order valence-corrected chi connectivity index (χ1v) is 6.08. The smallest absolute Gasteiger partial charge is 0.123 e. The van der Waals surface area contributed by atoms with Gasteiger partial charge in [-0.3, -0.25) is 4.68 Å². The Labute approximate surface area is 107 Å². The number of nitrogens with zero attached hydrogens (tertiary/aromatic N) is 2. The lowest BCUT2D eigenvalue weighted by Crippen LogP contribution is -2.17. The summed E-state index contributed by atoms with van der Waals surface area (Å²) in [7, 11) is 1.92. The molecule has 0 aliphatic carbocycles. The SMILES string of the molecule is Cc1cc(F)ccc1CNCCc1cnn(C)c1. The third kappa shape index (κ3) is 3.40. The van der Waals surface area contributed by atoms with E-state index in [4.69, 9.17) is 0 Å². The molecule has 1 aromatic heterocycles. The van der Waals surface area contributed by atoms with Gasteiger partial charge in [0.1, 0.15) is 5.82 Å². The highest BCUT2D eigenvalue weighted by Crippen LogP contribution is 2.09. The van der Waals surface area contributed by atoms with Crippen LogP contribution in [0.25, 0.3) is 0 Å². The topological polar surface area (TPSA) is 29.9 Å². The number of rotatable bonds is 5. The van der Waals surface area contributed by atoms with E-state index in [0.29, 0.717) is 0 Å². The second-order valence-electron chi connectivity index (χ2n) is 4.52. The standard InChI is InChI=1S/C14H18FN3/c1-11-7-14(15)4-3-13(11)9-16-6-5-12-8-17-18(2)10-12/h3-4,7-8,10,16H,5-6,9H2,1-2H3. The van der Waals surface area contributed by atoms with Crippen LogP contribution in [0.3, 0.4) is 0 Å². The van der Waals surface area contributed by atoms with Gasteiger partial charge in [0.25, 0.3) is 0 Å². The van der Waals surface area contributed by atoms with E-state index in [0.717, 1.165) is 30.6 Å². The zero-order valence-electron chi connectivity index (χ0n) is 10.8. The molecule has 2 aromatic rings. The zero-order valence-corrected chi connectivity index (χ0v) is 10.8. The molecule has 18 heavy (non-hydrogen) atoms. The number of aryl methyl sites for hydroxylation is 2. The van der Waals surface area contributed by atoms with E-state index in [1.807, 2.05) is 32.4 Å². The van der Waals surface area contributed by atoms with Crippen LogP contribution in [0.2, 0.25) is 0 Å². The molecule has 0 saturated heterocycles. The van der Waals surface area contributed by atoms with E-state index >= 15 is 0 Å². The monoisotopic (exact) mass is 247 g/mol. The Morgan fingerprint density at radius 2 is 2.22 bits per heavy atom. The first-order valence-electron chi connectivity index (χ1n) is 6.08. The highest BCUT2D eigenvalue weighted by Gasteiger charge is 2.00. The molecule has 96 valence electrons. The second-order valence-corrected chi connectivity index (χ2v) is 4.52. The Kier molecular flexibility index (Phi) is 4.10. The van der Waals surface area contributed by atoms with Crippen LogP contribution in [-0.4, -0.2) is 16.3 Å². The van der Waals surface area contributed by atoms with Crippen LogP contribution in [0.4, 0.5) is 4.39 Å². The zero-order chi connectivity index (χ0) is 13.0. The molecule has 0 spiro atoms. The van der Waals surface area contributed by atoms with E-state index in [-0.39, 0.29) is 5.82 Å². The van der Waals surface area contributed by atoms with E-state index in [1.165, 1.54) is 11.6 Å². The third-order valence-electron chi connectivity index (χ3n) is 2.97. The van der Waals surface area contributed by atoms with Crippen molar-refractivity contribution in [1.82, 2.24) is 15.1 Å². The van der Waals surface area contributed by atoms with Crippen LogP contribution < -0.4 is 5.32 Å². The van der Waals surface area contributed by atoms with Gasteiger partial charge < -0.3 is 5.32 Å².